The van der Waals surface area contributed by atoms with Crippen LogP contribution in [0.2, 0.25) is 0 Å². The number of alkyl halides is 3. The zero-order valence-electron chi connectivity index (χ0n) is 18.9. The van der Waals surface area contributed by atoms with E-state index >= 15 is 0 Å². The van der Waals surface area contributed by atoms with E-state index in [-0.39, 0.29) is 28.6 Å². The average molecular weight is 516 g/mol. The van der Waals surface area contributed by atoms with Crippen molar-refractivity contribution in [3.05, 3.63) is 46.5 Å². The highest BCUT2D eigenvalue weighted by molar-refractivity contribution is 7.13. The molecule has 0 bridgehead atoms. The van der Waals surface area contributed by atoms with Crippen molar-refractivity contribution >= 4 is 17.0 Å². The van der Waals surface area contributed by atoms with Gasteiger partial charge in [-0.05, 0) is 25.0 Å². The number of benzene rings is 1. The maximum absolute atomic E-state index is 14.8. The first kappa shape index (κ1) is 25.4. The van der Waals surface area contributed by atoms with Crippen LogP contribution in [0.1, 0.15) is 48.6 Å². The van der Waals surface area contributed by atoms with Crippen molar-refractivity contribution in [2.45, 2.75) is 43.8 Å². The van der Waals surface area contributed by atoms with E-state index in [1.807, 2.05) is 0 Å². The Morgan fingerprint density at radius 2 is 2.11 bits per heavy atom. The van der Waals surface area contributed by atoms with Gasteiger partial charge in [0, 0.05) is 18.5 Å². The van der Waals surface area contributed by atoms with Gasteiger partial charge in [0.2, 0.25) is 0 Å². The predicted octanol–water partition coefficient (Wildman–Crippen LogP) is 4.25. The molecule has 4 atom stereocenters. The average Bonchev–Trinajstić information content (AvgIpc) is 3.41. The van der Waals surface area contributed by atoms with Gasteiger partial charge in [-0.3, -0.25) is 4.68 Å². The second kappa shape index (κ2) is 10.5. The molecule has 4 rings (SSSR count). The van der Waals surface area contributed by atoms with E-state index in [4.69, 9.17) is 15.2 Å². The lowest BCUT2D eigenvalue weighted by atomic mass is 10.0. The van der Waals surface area contributed by atoms with E-state index in [1.54, 1.807) is 11.7 Å². The monoisotopic (exact) mass is 515 g/mol. The molecule has 1 aliphatic rings. The number of methoxy groups -OCH3 is 1. The third-order valence-electron chi connectivity index (χ3n) is 5.87. The van der Waals surface area contributed by atoms with Crippen molar-refractivity contribution in [3.63, 3.8) is 0 Å². The summed E-state index contributed by atoms with van der Waals surface area (Å²) >= 11 is 0.969. The normalized spacial score (nSPS) is 21.7. The van der Waals surface area contributed by atoms with Gasteiger partial charge in [-0.25, -0.2) is 22.5 Å². The number of anilines is 1. The van der Waals surface area contributed by atoms with E-state index in [9.17, 15) is 22.7 Å². The van der Waals surface area contributed by atoms with Gasteiger partial charge in [0.05, 0.1) is 42.4 Å². The summed E-state index contributed by atoms with van der Waals surface area (Å²) < 4.78 is 67.6. The highest BCUT2D eigenvalue weighted by Gasteiger charge is 2.30. The van der Waals surface area contributed by atoms with Crippen LogP contribution in [0.4, 0.5) is 23.2 Å². The summed E-state index contributed by atoms with van der Waals surface area (Å²) in [5.74, 6) is -1.09. The Kier molecular flexibility index (Phi) is 7.59. The summed E-state index contributed by atoms with van der Waals surface area (Å²) in [5.41, 5.74) is 6.01. The minimum atomic E-state index is -3.01. The summed E-state index contributed by atoms with van der Waals surface area (Å²) in [6.07, 6.45) is -3.75. The molecule has 0 amide bonds. The Hall–Kier alpha value is -2.74. The minimum Gasteiger partial charge on any atom is -0.496 e. The summed E-state index contributed by atoms with van der Waals surface area (Å²) in [6.45, 7) is -0.153. The Morgan fingerprint density at radius 3 is 2.83 bits per heavy atom. The maximum atomic E-state index is 14.8. The fourth-order valence-electron chi connectivity index (χ4n) is 3.96. The van der Waals surface area contributed by atoms with Crippen LogP contribution < -0.4 is 15.8 Å². The van der Waals surface area contributed by atoms with Crippen LogP contribution in [0.25, 0.3) is 10.6 Å². The highest BCUT2D eigenvalue weighted by atomic mass is 32.1. The second-order valence-electron chi connectivity index (χ2n) is 8.12. The Morgan fingerprint density at radius 1 is 1.34 bits per heavy atom. The quantitative estimate of drug-likeness (QED) is 0.319. The van der Waals surface area contributed by atoms with Crippen molar-refractivity contribution in [2.75, 3.05) is 19.0 Å². The standard InChI is InChI=1S/C22H25F4N5O3S/c1-31-19(16-6-4-12(27)11(23)8-34-16)13(7-28-31)29-21(32)14-9-35-22(30-14)17-15(33-2)5-3-10(18(17)24)20(25)26/h3,5,7,9,11-12,16,20-21,29,32H,4,6,8,27H2,1-2H3/t11-,12-,16+,21?/m1/s1. The number of nitrogens with zero attached hydrogens (tertiary/aromatic N) is 3. The van der Waals surface area contributed by atoms with Crippen molar-refractivity contribution in [1.29, 1.82) is 0 Å². The Balaban J connectivity index is 1.58. The molecule has 1 saturated heterocycles. The molecule has 190 valence electrons. The van der Waals surface area contributed by atoms with Gasteiger partial charge in [0.25, 0.3) is 6.43 Å². The molecule has 2 aromatic heterocycles. The molecule has 4 N–H and O–H groups in total. The lowest BCUT2D eigenvalue weighted by Crippen LogP contribution is -2.32. The third-order valence-corrected chi connectivity index (χ3v) is 6.75. The number of ether oxygens (including phenoxy) is 2. The van der Waals surface area contributed by atoms with Gasteiger partial charge < -0.3 is 25.6 Å². The smallest absolute Gasteiger partial charge is 0.266 e. The molecule has 0 spiro atoms. The number of aryl methyl sites for hydroxylation is 1. The molecular formula is C22H25F4N5O3S. The number of aromatic nitrogens is 3. The number of nitrogens with one attached hydrogen (secondary N) is 1. The van der Waals surface area contributed by atoms with E-state index in [2.05, 4.69) is 15.4 Å². The number of hydrogen-bond donors (Lipinski definition) is 3. The Labute approximate surface area is 202 Å². The molecule has 1 unspecified atom stereocenters. The number of aliphatic hydroxyl groups excluding tert-OH is 1. The molecular weight excluding hydrogens is 490 g/mol. The molecule has 3 heterocycles. The van der Waals surface area contributed by atoms with E-state index in [1.165, 1.54) is 24.8 Å². The summed E-state index contributed by atoms with van der Waals surface area (Å²) in [4.78, 5) is 4.25. The van der Waals surface area contributed by atoms with Crippen LogP contribution >= 0.6 is 11.3 Å². The largest absolute Gasteiger partial charge is 0.496 e. The number of thiazole rings is 1. The van der Waals surface area contributed by atoms with Crippen molar-refractivity contribution < 1.29 is 32.1 Å². The SMILES string of the molecule is COc1ccc(C(F)F)c(F)c1-c1nc(C(O)Nc2cnn(C)c2[C@@H]2CC[C@@H](N)[C@H](F)CO2)cs1. The zero-order chi connectivity index (χ0) is 25.3. The number of nitrogens with two attached hydrogens (primary N) is 1. The molecule has 13 heteroatoms. The molecule has 3 aromatic rings. The fourth-order valence-corrected chi connectivity index (χ4v) is 4.84. The van der Waals surface area contributed by atoms with E-state index in [0.717, 1.165) is 17.4 Å². The van der Waals surface area contributed by atoms with Crippen LogP contribution in [-0.2, 0) is 11.8 Å². The van der Waals surface area contributed by atoms with E-state index in [0.29, 0.717) is 24.2 Å². The van der Waals surface area contributed by atoms with Gasteiger partial charge in [0.15, 0.2) is 6.23 Å². The molecule has 35 heavy (non-hydrogen) atoms. The van der Waals surface area contributed by atoms with Gasteiger partial charge in [-0.1, -0.05) is 0 Å². The highest BCUT2D eigenvalue weighted by Crippen LogP contribution is 2.40. The first-order valence-corrected chi connectivity index (χ1v) is 11.7. The predicted molar refractivity (Wildman–Crippen MR) is 122 cm³/mol. The maximum Gasteiger partial charge on any atom is 0.266 e. The van der Waals surface area contributed by atoms with Gasteiger partial charge in [0.1, 0.15) is 34.5 Å². The molecule has 1 fully saturated rings. The molecule has 8 nitrogen and oxygen atoms in total. The second-order valence-corrected chi connectivity index (χ2v) is 8.98. The number of aliphatic hydroxyl groups is 1. The molecule has 0 aliphatic carbocycles. The lowest BCUT2D eigenvalue weighted by molar-refractivity contribution is 0.0246. The third kappa shape index (κ3) is 5.13. The van der Waals surface area contributed by atoms with Crippen LogP contribution in [-0.4, -0.2) is 45.8 Å². The number of rotatable bonds is 7. The Bertz CT molecular complexity index is 1160. The molecule has 0 radical (unpaired) electrons. The van der Waals surface area contributed by atoms with Gasteiger partial charge in [-0.15, -0.1) is 11.3 Å². The summed E-state index contributed by atoms with van der Waals surface area (Å²) in [6, 6.07) is 1.59. The molecule has 1 aromatic carbocycles. The van der Waals surface area contributed by atoms with Crippen LogP contribution in [0.3, 0.4) is 0 Å². The first-order valence-electron chi connectivity index (χ1n) is 10.8. The van der Waals surface area contributed by atoms with Crippen molar-refractivity contribution in [2.24, 2.45) is 12.8 Å². The molecule has 0 saturated carbocycles. The summed E-state index contributed by atoms with van der Waals surface area (Å²) in [5, 5.41) is 19.4. The topological polar surface area (TPSA) is 107 Å². The van der Waals surface area contributed by atoms with Gasteiger partial charge >= 0.3 is 0 Å². The fraction of sp³-hybridized carbons (Fsp3) is 0.455. The zero-order valence-corrected chi connectivity index (χ0v) is 19.7. The van der Waals surface area contributed by atoms with Gasteiger partial charge in [-0.2, -0.15) is 5.10 Å². The van der Waals surface area contributed by atoms with E-state index < -0.39 is 42.4 Å². The van der Waals surface area contributed by atoms with Crippen LogP contribution in [0.5, 0.6) is 5.75 Å². The lowest BCUT2D eigenvalue weighted by Gasteiger charge is -2.19. The number of halogens is 4. The molecule has 1 aliphatic heterocycles. The number of hydrogen-bond acceptors (Lipinski definition) is 8. The van der Waals surface area contributed by atoms with Crippen LogP contribution in [0, 0.1) is 5.82 Å². The summed E-state index contributed by atoms with van der Waals surface area (Å²) in [7, 11) is 2.99. The minimum absolute atomic E-state index is 0.0414. The van der Waals surface area contributed by atoms with Crippen molar-refractivity contribution in [1.82, 2.24) is 14.8 Å². The first-order chi connectivity index (χ1) is 16.7. The van der Waals surface area contributed by atoms with Crippen molar-refractivity contribution in [3.8, 4) is 16.3 Å². The van der Waals surface area contributed by atoms with Crippen LogP contribution in [0.15, 0.2) is 23.7 Å².